The number of aromatic nitrogens is 4. The highest BCUT2D eigenvalue weighted by Gasteiger charge is 2.45. The zero-order valence-electron chi connectivity index (χ0n) is 17.3. The first kappa shape index (κ1) is 19.0. The number of amides is 1. The average Bonchev–Trinajstić information content (AvgIpc) is 3.31. The van der Waals surface area contributed by atoms with Crippen molar-refractivity contribution < 1.29 is 13.8 Å². The third-order valence-electron chi connectivity index (χ3n) is 6.44. The van der Waals surface area contributed by atoms with E-state index >= 15 is 0 Å². The Labute approximate surface area is 174 Å². The largest absolute Gasteiger partial charge is 0.361 e. The van der Waals surface area contributed by atoms with Crippen LogP contribution in [0, 0.1) is 19.8 Å². The van der Waals surface area contributed by atoms with Crippen molar-refractivity contribution in [3.05, 3.63) is 47.4 Å². The van der Waals surface area contributed by atoms with E-state index in [4.69, 9.17) is 14.0 Å². The summed E-state index contributed by atoms with van der Waals surface area (Å²) in [7, 11) is 0. The molecule has 2 aliphatic rings. The monoisotopic (exact) mass is 407 g/mol. The molecular formula is C22H25N5O3. The van der Waals surface area contributed by atoms with Gasteiger partial charge in [-0.2, -0.15) is 4.98 Å². The van der Waals surface area contributed by atoms with Crippen LogP contribution < -0.4 is 0 Å². The van der Waals surface area contributed by atoms with Gasteiger partial charge in [0.05, 0.1) is 11.3 Å². The molecule has 1 saturated carbocycles. The molecule has 1 aliphatic carbocycles. The van der Waals surface area contributed by atoms with Gasteiger partial charge in [-0.1, -0.05) is 23.2 Å². The molecule has 0 aromatic carbocycles. The van der Waals surface area contributed by atoms with Crippen molar-refractivity contribution in [3.8, 4) is 11.5 Å². The Morgan fingerprint density at radius 1 is 1.20 bits per heavy atom. The first-order valence-corrected chi connectivity index (χ1v) is 10.5. The van der Waals surface area contributed by atoms with Crippen LogP contribution in [0.15, 0.2) is 33.6 Å². The molecule has 1 amide bonds. The summed E-state index contributed by atoms with van der Waals surface area (Å²) in [4.78, 5) is 23.8. The minimum atomic E-state index is -0.152. The second-order valence-electron chi connectivity index (χ2n) is 8.58. The third kappa shape index (κ3) is 3.40. The van der Waals surface area contributed by atoms with E-state index < -0.39 is 0 Å². The molecule has 0 bridgehead atoms. The van der Waals surface area contributed by atoms with Gasteiger partial charge in [0.1, 0.15) is 11.3 Å². The van der Waals surface area contributed by atoms with Crippen LogP contribution in [0.25, 0.3) is 11.5 Å². The van der Waals surface area contributed by atoms with Crippen molar-refractivity contribution in [1.29, 1.82) is 0 Å². The Bertz CT molecular complexity index is 1030. The molecule has 8 nitrogen and oxygen atoms in total. The smallest absolute Gasteiger partial charge is 0.259 e. The number of likely N-dealkylation sites (tertiary alicyclic amines) is 1. The van der Waals surface area contributed by atoms with Gasteiger partial charge in [-0.3, -0.25) is 9.78 Å². The lowest BCUT2D eigenvalue weighted by atomic mass is 9.73. The summed E-state index contributed by atoms with van der Waals surface area (Å²) in [5.74, 6) is 2.55. The molecule has 3 aromatic heterocycles. The normalized spacial score (nSPS) is 18.5. The van der Waals surface area contributed by atoms with Crippen LogP contribution >= 0.6 is 0 Å². The zero-order chi connectivity index (χ0) is 20.7. The summed E-state index contributed by atoms with van der Waals surface area (Å²) in [6, 6.07) is 3.78. The van der Waals surface area contributed by atoms with Gasteiger partial charge in [0.15, 0.2) is 5.82 Å². The molecule has 0 unspecified atom stereocenters. The second-order valence-corrected chi connectivity index (χ2v) is 8.58. The molecule has 0 spiro atoms. The van der Waals surface area contributed by atoms with Crippen molar-refractivity contribution in [1.82, 2.24) is 25.2 Å². The molecule has 1 aliphatic heterocycles. The van der Waals surface area contributed by atoms with Crippen LogP contribution in [0.4, 0.5) is 0 Å². The van der Waals surface area contributed by atoms with Crippen LogP contribution in [0.1, 0.15) is 59.7 Å². The SMILES string of the molecule is Cc1noc(C)c1C(=O)N1CCC(CC2CC2)(c2noc(-c3cccnc3)n2)CC1. The van der Waals surface area contributed by atoms with E-state index in [0.29, 0.717) is 36.0 Å². The summed E-state index contributed by atoms with van der Waals surface area (Å²) in [6.45, 7) is 4.91. The number of aryl methyl sites for hydroxylation is 2. The lowest BCUT2D eigenvalue weighted by molar-refractivity contribution is 0.0643. The van der Waals surface area contributed by atoms with Gasteiger partial charge in [-0.25, -0.2) is 0 Å². The number of carbonyl (C=O) groups is 1. The first-order chi connectivity index (χ1) is 14.6. The Morgan fingerprint density at radius 2 is 2.00 bits per heavy atom. The Balaban J connectivity index is 1.37. The number of rotatable bonds is 5. The van der Waals surface area contributed by atoms with E-state index in [1.807, 2.05) is 24.0 Å². The molecule has 3 aromatic rings. The summed E-state index contributed by atoms with van der Waals surface area (Å²) in [5.41, 5.74) is 1.90. The van der Waals surface area contributed by atoms with Crippen molar-refractivity contribution in [2.45, 2.75) is 51.4 Å². The highest BCUT2D eigenvalue weighted by atomic mass is 16.5. The van der Waals surface area contributed by atoms with Gasteiger partial charge in [-0.05, 0) is 51.2 Å². The fraction of sp³-hybridized carbons (Fsp3) is 0.500. The maximum Gasteiger partial charge on any atom is 0.259 e. The number of nitrogens with zero attached hydrogens (tertiary/aromatic N) is 5. The molecule has 0 N–H and O–H groups in total. The van der Waals surface area contributed by atoms with Gasteiger partial charge >= 0.3 is 0 Å². The molecule has 30 heavy (non-hydrogen) atoms. The van der Waals surface area contributed by atoms with E-state index in [0.717, 1.165) is 36.6 Å². The molecular weight excluding hydrogens is 382 g/mol. The predicted molar refractivity (Wildman–Crippen MR) is 108 cm³/mol. The van der Waals surface area contributed by atoms with Gasteiger partial charge < -0.3 is 13.9 Å². The summed E-state index contributed by atoms with van der Waals surface area (Å²) in [5, 5.41) is 8.30. The fourth-order valence-electron chi connectivity index (χ4n) is 4.52. The molecule has 5 rings (SSSR count). The summed E-state index contributed by atoms with van der Waals surface area (Å²) < 4.78 is 10.8. The maximum atomic E-state index is 13.0. The minimum Gasteiger partial charge on any atom is -0.361 e. The molecule has 0 atom stereocenters. The third-order valence-corrected chi connectivity index (χ3v) is 6.44. The lowest BCUT2D eigenvalue weighted by Gasteiger charge is -2.40. The average molecular weight is 407 g/mol. The highest BCUT2D eigenvalue weighted by Crippen LogP contribution is 2.47. The number of pyridine rings is 1. The van der Waals surface area contributed by atoms with Gasteiger partial charge in [0.2, 0.25) is 0 Å². The van der Waals surface area contributed by atoms with Crippen LogP contribution in [-0.4, -0.2) is 44.2 Å². The Morgan fingerprint density at radius 3 is 2.63 bits per heavy atom. The second kappa shape index (κ2) is 7.34. The quantitative estimate of drug-likeness (QED) is 0.636. The van der Waals surface area contributed by atoms with Gasteiger partial charge in [-0.15, -0.1) is 0 Å². The van der Waals surface area contributed by atoms with E-state index in [1.165, 1.54) is 12.8 Å². The predicted octanol–water partition coefficient (Wildman–Crippen LogP) is 3.71. The molecule has 2 fully saturated rings. The van der Waals surface area contributed by atoms with Crippen LogP contribution in [0.2, 0.25) is 0 Å². The first-order valence-electron chi connectivity index (χ1n) is 10.5. The number of hydrogen-bond acceptors (Lipinski definition) is 7. The standard InChI is InChI=1S/C22H25N5O3/c1-14-18(15(2)29-25-14)20(28)27-10-7-22(8-11-27,12-16-5-6-16)21-24-19(30-26-21)17-4-3-9-23-13-17/h3-4,9,13,16H,5-8,10-12H2,1-2H3. The topological polar surface area (TPSA) is 98.2 Å². The van der Waals surface area contributed by atoms with Crippen molar-refractivity contribution in [2.75, 3.05) is 13.1 Å². The number of piperidine rings is 1. The zero-order valence-corrected chi connectivity index (χ0v) is 17.3. The van der Waals surface area contributed by atoms with E-state index in [9.17, 15) is 4.79 Å². The van der Waals surface area contributed by atoms with E-state index in [1.54, 1.807) is 19.3 Å². The van der Waals surface area contributed by atoms with Gasteiger partial charge in [0.25, 0.3) is 11.8 Å². The lowest BCUT2D eigenvalue weighted by Crippen LogP contribution is -2.46. The van der Waals surface area contributed by atoms with E-state index in [2.05, 4.69) is 15.3 Å². The van der Waals surface area contributed by atoms with E-state index in [-0.39, 0.29) is 11.3 Å². The van der Waals surface area contributed by atoms with Gasteiger partial charge in [0, 0.05) is 30.9 Å². The van der Waals surface area contributed by atoms with Crippen molar-refractivity contribution >= 4 is 5.91 Å². The molecule has 1 saturated heterocycles. The number of hydrogen-bond donors (Lipinski definition) is 0. The Hall–Kier alpha value is -3.03. The van der Waals surface area contributed by atoms with Crippen LogP contribution in [0.3, 0.4) is 0 Å². The molecule has 156 valence electrons. The molecule has 0 radical (unpaired) electrons. The fourth-order valence-corrected chi connectivity index (χ4v) is 4.52. The maximum absolute atomic E-state index is 13.0. The molecule has 8 heteroatoms. The van der Waals surface area contributed by atoms with Crippen molar-refractivity contribution in [3.63, 3.8) is 0 Å². The Kier molecular flexibility index (Phi) is 4.64. The minimum absolute atomic E-state index is 0.00423. The van der Waals surface area contributed by atoms with Crippen molar-refractivity contribution in [2.24, 2.45) is 5.92 Å². The summed E-state index contributed by atoms with van der Waals surface area (Å²) in [6.07, 6.45) is 8.67. The van der Waals surface area contributed by atoms with Crippen LogP contribution in [-0.2, 0) is 5.41 Å². The summed E-state index contributed by atoms with van der Waals surface area (Å²) >= 11 is 0. The number of carbonyl (C=O) groups excluding carboxylic acids is 1. The molecule has 4 heterocycles. The highest BCUT2D eigenvalue weighted by molar-refractivity contribution is 5.96. The van der Waals surface area contributed by atoms with Crippen LogP contribution in [0.5, 0.6) is 0 Å².